The van der Waals surface area contributed by atoms with Gasteiger partial charge in [0.15, 0.2) is 4.47 Å². The predicted octanol–water partition coefficient (Wildman–Crippen LogP) is 4.92. The number of nitrogens with zero attached hydrogens (tertiary/aromatic N) is 3. The molecule has 0 atom stereocenters. The second kappa shape index (κ2) is 6.45. The third-order valence-corrected chi connectivity index (χ3v) is 4.36. The van der Waals surface area contributed by atoms with Crippen molar-refractivity contribution in [2.24, 2.45) is 0 Å². The maximum absolute atomic E-state index is 13.2. The highest BCUT2D eigenvalue weighted by Crippen LogP contribution is 2.33. The average molecular weight is 373 g/mol. The van der Waals surface area contributed by atoms with Crippen molar-refractivity contribution in [1.82, 2.24) is 14.5 Å². The average Bonchev–Trinajstić information content (AvgIpc) is 3.12. The lowest BCUT2D eigenvalue weighted by atomic mass is 10.1. The first kappa shape index (κ1) is 16.8. The Hall–Kier alpha value is -2.06. The van der Waals surface area contributed by atoms with Crippen molar-refractivity contribution in [3.8, 4) is 5.69 Å². The summed E-state index contributed by atoms with van der Waals surface area (Å²) < 4.78 is 41.4. The predicted molar refractivity (Wildman–Crippen MR) is 87.8 cm³/mol. The summed E-state index contributed by atoms with van der Waals surface area (Å²) in [4.78, 5) is 8.79. The number of benzene rings is 1. The van der Waals surface area contributed by atoms with Crippen LogP contribution in [0.2, 0.25) is 4.47 Å². The fraction of sp³-hybridized carbons (Fsp3) is 0.200. The third-order valence-electron chi connectivity index (χ3n) is 3.25. The van der Waals surface area contributed by atoms with Crippen LogP contribution in [0.4, 0.5) is 18.9 Å². The fourth-order valence-corrected chi connectivity index (χ4v) is 3.06. The quantitative estimate of drug-likeness (QED) is 0.706. The van der Waals surface area contributed by atoms with E-state index in [4.69, 9.17) is 11.6 Å². The number of anilines is 1. The number of nitrogens with one attached hydrogen (secondary N) is 1. The molecule has 0 unspecified atom stereocenters. The molecule has 0 fully saturated rings. The Labute approximate surface area is 144 Å². The van der Waals surface area contributed by atoms with Gasteiger partial charge in [0.1, 0.15) is 0 Å². The van der Waals surface area contributed by atoms with E-state index >= 15 is 0 Å². The molecule has 0 aliphatic carbocycles. The van der Waals surface area contributed by atoms with E-state index in [1.807, 2.05) is 0 Å². The Kier molecular flexibility index (Phi) is 4.51. The maximum Gasteiger partial charge on any atom is 0.416 e. The number of halogens is 4. The van der Waals surface area contributed by atoms with Crippen molar-refractivity contribution in [1.29, 1.82) is 0 Å². The zero-order valence-electron chi connectivity index (χ0n) is 12.4. The van der Waals surface area contributed by atoms with Crippen LogP contribution in [0.15, 0.2) is 36.9 Å². The van der Waals surface area contributed by atoms with Crippen molar-refractivity contribution in [3.05, 3.63) is 57.5 Å². The largest absolute Gasteiger partial charge is 0.416 e. The SMILES string of the molecule is Cc1cn(-c2cc(NCc3cnc(Cl)s3)cc(C(F)(F)F)c2)cn1. The van der Waals surface area contributed by atoms with E-state index in [0.717, 1.165) is 22.7 Å². The zero-order chi connectivity index (χ0) is 17.3. The summed E-state index contributed by atoms with van der Waals surface area (Å²) in [5, 5.41) is 2.98. The summed E-state index contributed by atoms with van der Waals surface area (Å²) in [7, 11) is 0. The van der Waals surface area contributed by atoms with E-state index in [2.05, 4.69) is 15.3 Å². The molecule has 1 aromatic carbocycles. The highest BCUT2D eigenvalue weighted by Gasteiger charge is 2.31. The second-order valence-electron chi connectivity index (χ2n) is 5.12. The molecule has 1 N–H and O–H groups in total. The summed E-state index contributed by atoms with van der Waals surface area (Å²) >= 11 is 7.03. The monoisotopic (exact) mass is 372 g/mol. The van der Waals surface area contributed by atoms with Gasteiger partial charge in [-0.25, -0.2) is 9.97 Å². The summed E-state index contributed by atoms with van der Waals surface area (Å²) in [5.74, 6) is 0. The lowest BCUT2D eigenvalue weighted by Gasteiger charge is -2.13. The first-order chi connectivity index (χ1) is 11.3. The minimum Gasteiger partial charge on any atom is -0.380 e. The van der Waals surface area contributed by atoms with Crippen LogP contribution in [0, 0.1) is 6.92 Å². The molecule has 0 aliphatic heterocycles. The van der Waals surface area contributed by atoms with Crippen LogP contribution in [0.25, 0.3) is 5.69 Å². The Morgan fingerprint density at radius 2 is 2.04 bits per heavy atom. The molecular formula is C15H12ClF3N4S. The Morgan fingerprint density at radius 1 is 1.25 bits per heavy atom. The maximum atomic E-state index is 13.2. The molecule has 0 aliphatic rings. The second-order valence-corrected chi connectivity index (χ2v) is 6.82. The minimum absolute atomic E-state index is 0.341. The molecule has 0 saturated carbocycles. The van der Waals surface area contributed by atoms with Crippen LogP contribution >= 0.6 is 22.9 Å². The van der Waals surface area contributed by atoms with Gasteiger partial charge in [-0.05, 0) is 25.1 Å². The van der Waals surface area contributed by atoms with E-state index in [1.165, 1.54) is 17.7 Å². The van der Waals surface area contributed by atoms with E-state index in [-0.39, 0.29) is 0 Å². The molecule has 0 spiro atoms. The van der Waals surface area contributed by atoms with Crippen LogP contribution in [-0.4, -0.2) is 14.5 Å². The van der Waals surface area contributed by atoms with E-state index in [1.54, 1.807) is 30.0 Å². The molecule has 126 valence electrons. The summed E-state index contributed by atoms with van der Waals surface area (Å²) in [5.41, 5.74) is 0.739. The molecule has 0 radical (unpaired) electrons. The standard InChI is InChI=1S/C15H12ClF3N4S/c1-9-7-23(8-22-9)12-3-10(15(17,18)19)2-11(4-12)20-5-13-6-21-14(16)24-13/h2-4,6-8,20H,5H2,1H3. The molecule has 24 heavy (non-hydrogen) atoms. The van der Waals surface area contributed by atoms with Crippen molar-refractivity contribution >= 4 is 28.6 Å². The molecule has 0 saturated heterocycles. The number of aromatic nitrogens is 3. The van der Waals surface area contributed by atoms with Gasteiger partial charge in [0.25, 0.3) is 0 Å². The molecule has 2 aromatic heterocycles. The first-order valence-corrected chi connectivity index (χ1v) is 8.08. The van der Waals surface area contributed by atoms with Crippen LogP contribution in [0.1, 0.15) is 16.1 Å². The van der Waals surface area contributed by atoms with Crippen LogP contribution < -0.4 is 5.32 Å². The number of hydrogen-bond donors (Lipinski definition) is 1. The van der Waals surface area contributed by atoms with E-state index < -0.39 is 11.7 Å². The number of rotatable bonds is 4. The molecule has 2 heterocycles. The van der Waals surface area contributed by atoms with Crippen molar-refractivity contribution < 1.29 is 13.2 Å². The summed E-state index contributed by atoms with van der Waals surface area (Å²) in [6.45, 7) is 2.12. The van der Waals surface area contributed by atoms with E-state index in [9.17, 15) is 13.2 Å². The van der Waals surface area contributed by atoms with Gasteiger partial charge in [-0.2, -0.15) is 13.2 Å². The lowest BCUT2D eigenvalue weighted by Crippen LogP contribution is -2.08. The Bertz CT molecular complexity index is 857. The van der Waals surface area contributed by atoms with Gasteiger partial charge in [-0.1, -0.05) is 11.6 Å². The van der Waals surface area contributed by atoms with Crippen LogP contribution in [0.5, 0.6) is 0 Å². The van der Waals surface area contributed by atoms with Crippen molar-refractivity contribution in [3.63, 3.8) is 0 Å². The van der Waals surface area contributed by atoms with Gasteiger partial charge >= 0.3 is 6.18 Å². The van der Waals surface area contributed by atoms with Crippen LogP contribution in [-0.2, 0) is 12.7 Å². The zero-order valence-corrected chi connectivity index (χ0v) is 14.0. The van der Waals surface area contributed by atoms with Gasteiger partial charge in [0.05, 0.1) is 24.1 Å². The molecule has 4 nitrogen and oxygen atoms in total. The van der Waals surface area contributed by atoms with Gasteiger partial charge in [-0.3, -0.25) is 0 Å². The highest BCUT2D eigenvalue weighted by atomic mass is 35.5. The van der Waals surface area contributed by atoms with Crippen molar-refractivity contribution in [2.45, 2.75) is 19.6 Å². The molecular weight excluding hydrogens is 361 g/mol. The third kappa shape index (κ3) is 3.88. The van der Waals surface area contributed by atoms with Gasteiger partial charge in [-0.15, -0.1) is 11.3 Å². The summed E-state index contributed by atoms with van der Waals surface area (Å²) in [6, 6.07) is 3.81. The Morgan fingerprint density at radius 3 is 2.62 bits per heavy atom. The number of hydrogen-bond acceptors (Lipinski definition) is 4. The smallest absolute Gasteiger partial charge is 0.380 e. The van der Waals surface area contributed by atoms with Gasteiger partial charge < -0.3 is 9.88 Å². The minimum atomic E-state index is -4.43. The lowest BCUT2D eigenvalue weighted by molar-refractivity contribution is -0.137. The highest BCUT2D eigenvalue weighted by molar-refractivity contribution is 7.15. The number of alkyl halides is 3. The molecule has 0 amide bonds. The molecule has 0 bridgehead atoms. The van der Waals surface area contributed by atoms with Gasteiger partial charge in [0, 0.05) is 28.6 Å². The van der Waals surface area contributed by atoms with Gasteiger partial charge in [0.2, 0.25) is 0 Å². The number of imidazole rings is 1. The fourth-order valence-electron chi connectivity index (χ4n) is 2.14. The van der Waals surface area contributed by atoms with E-state index in [0.29, 0.717) is 22.4 Å². The molecule has 3 aromatic rings. The number of thiazole rings is 1. The van der Waals surface area contributed by atoms with Crippen molar-refractivity contribution in [2.75, 3.05) is 5.32 Å². The first-order valence-electron chi connectivity index (χ1n) is 6.88. The summed E-state index contributed by atoms with van der Waals surface area (Å²) in [6.07, 6.45) is 0.309. The van der Waals surface area contributed by atoms with Crippen LogP contribution in [0.3, 0.4) is 0 Å². The topological polar surface area (TPSA) is 42.7 Å². The molecule has 3 rings (SSSR count). The molecule has 9 heteroatoms. The normalized spacial score (nSPS) is 11.7. The Balaban J connectivity index is 1.92. The number of aryl methyl sites for hydroxylation is 1.